The van der Waals surface area contributed by atoms with Gasteiger partial charge in [0.1, 0.15) is 0 Å². The Hall–Kier alpha value is -0.930. The van der Waals surface area contributed by atoms with Crippen molar-refractivity contribution in [3.05, 3.63) is 23.5 Å². The zero-order chi connectivity index (χ0) is 17.7. The van der Waals surface area contributed by atoms with Gasteiger partial charge in [0.05, 0.1) is 18.1 Å². The topological polar surface area (TPSA) is 81.9 Å². The number of hydrogen-bond acceptors (Lipinski definition) is 5. The maximum atomic E-state index is 14.2. The average Bonchev–Trinajstić information content (AvgIpc) is 2.58. The van der Waals surface area contributed by atoms with Crippen molar-refractivity contribution < 1.29 is 22.3 Å². The van der Waals surface area contributed by atoms with Crippen LogP contribution in [-0.2, 0) is 14.8 Å². The summed E-state index contributed by atoms with van der Waals surface area (Å²) in [7, 11) is -2.38. The summed E-state index contributed by atoms with van der Waals surface area (Å²) >= 11 is 0. The van der Waals surface area contributed by atoms with Crippen molar-refractivity contribution >= 4 is 22.4 Å². The van der Waals surface area contributed by atoms with Crippen LogP contribution in [-0.4, -0.2) is 52.2 Å². The highest BCUT2D eigenvalue weighted by Crippen LogP contribution is 2.29. The van der Waals surface area contributed by atoms with E-state index in [-0.39, 0.29) is 34.7 Å². The van der Waals surface area contributed by atoms with E-state index in [1.54, 1.807) is 0 Å². The zero-order valence-electron chi connectivity index (χ0n) is 14.5. The van der Waals surface area contributed by atoms with Gasteiger partial charge in [-0.1, -0.05) is 0 Å². The minimum atomic E-state index is -3.73. The number of ether oxygens (including phenoxy) is 2. The van der Waals surface area contributed by atoms with Crippen LogP contribution in [0.1, 0.15) is 24.8 Å². The molecule has 0 aromatic heterocycles. The minimum Gasteiger partial charge on any atom is -0.494 e. The number of rotatable bonds is 7. The quantitative estimate of drug-likeness (QED) is 0.713. The number of benzene rings is 1. The highest BCUT2D eigenvalue weighted by atomic mass is 35.5. The van der Waals surface area contributed by atoms with Gasteiger partial charge < -0.3 is 15.2 Å². The van der Waals surface area contributed by atoms with Crippen molar-refractivity contribution in [1.29, 1.82) is 0 Å². The molecule has 0 spiro atoms. The third-order valence-electron chi connectivity index (χ3n) is 4.24. The molecule has 1 aliphatic heterocycles. The predicted molar refractivity (Wildman–Crippen MR) is 96.3 cm³/mol. The molecule has 2 rings (SSSR count). The summed E-state index contributed by atoms with van der Waals surface area (Å²) in [6.07, 6.45) is 2.10. The van der Waals surface area contributed by atoms with Gasteiger partial charge in [0.2, 0.25) is 10.0 Å². The molecule has 0 saturated carbocycles. The average molecular weight is 397 g/mol. The SMILES string of the molecule is COc1ccc(S(=O)(=O)N2CCC(OCCCN)CC2)c(C)c1F.Cl. The van der Waals surface area contributed by atoms with Gasteiger partial charge >= 0.3 is 0 Å². The fourth-order valence-electron chi connectivity index (χ4n) is 2.79. The molecule has 1 heterocycles. The summed E-state index contributed by atoms with van der Waals surface area (Å²) in [6.45, 7) is 3.35. The van der Waals surface area contributed by atoms with Gasteiger partial charge in [-0.25, -0.2) is 12.8 Å². The molecule has 1 aliphatic rings. The molecule has 144 valence electrons. The molecule has 6 nitrogen and oxygen atoms in total. The van der Waals surface area contributed by atoms with Crippen LogP contribution in [0.4, 0.5) is 4.39 Å². The van der Waals surface area contributed by atoms with Crippen LogP contribution in [0.25, 0.3) is 0 Å². The summed E-state index contributed by atoms with van der Waals surface area (Å²) in [6, 6.07) is 2.74. The van der Waals surface area contributed by atoms with E-state index >= 15 is 0 Å². The number of piperidine rings is 1. The summed E-state index contributed by atoms with van der Waals surface area (Å²) in [5, 5.41) is 0. The fraction of sp³-hybridized carbons (Fsp3) is 0.625. The summed E-state index contributed by atoms with van der Waals surface area (Å²) < 4.78 is 51.7. The van der Waals surface area contributed by atoms with Gasteiger partial charge in [0.25, 0.3) is 0 Å². The Bertz CT molecular complexity index is 664. The molecule has 0 unspecified atom stereocenters. The van der Waals surface area contributed by atoms with E-state index in [1.165, 1.54) is 30.5 Å². The second kappa shape index (κ2) is 9.68. The molecule has 2 N–H and O–H groups in total. The van der Waals surface area contributed by atoms with Gasteiger partial charge in [-0.05, 0) is 44.9 Å². The molecular weight excluding hydrogens is 371 g/mol. The van der Waals surface area contributed by atoms with Crippen LogP contribution in [0.2, 0.25) is 0 Å². The second-order valence-corrected chi connectivity index (χ2v) is 7.73. The molecule has 1 aromatic carbocycles. The van der Waals surface area contributed by atoms with E-state index in [0.717, 1.165) is 6.42 Å². The number of halogens is 2. The van der Waals surface area contributed by atoms with E-state index in [1.807, 2.05) is 0 Å². The van der Waals surface area contributed by atoms with Crippen LogP contribution >= 0.6 is 12.4 Å². The van der Waals surface area contributed by atoms with Crippen molar-refractivity contribution in [2.75, 3.05) is 33.4 Å². The molecule has 0 amide bonds. The van der Waals surface area contributed by atoms with Crippen molar-refractivity contribution in [3.63, 3.8) is 0 Å². The maximum absolute atomic E-state index is 14.2. The lowest BCUT2D eigenvalue weighted by Crippen LogP contribution is -2.41. The van der Waals surface area contributed by atoms with Crippen LogP contribution in [0.5, 0.6) is 5.75 Å². The Balaban J connectivity index is 0.00000312. The van der Waals surface area contributed by atoms with Gasteiger partial charge in [-0.3, -0.25) is 0 Å². The van der Waals surface area contributed by atoms with Gasteiger partial charge in [-0.2, -0.15) is 4.31 Å². The van der Waals surface area contributed by atoms with E-state index in [4.69, 9.17) is 15.2 Å². The molecule has 0 aliphatic carbocycles. The zero-order valence-corrected chi connectivity index (χ0v) is 16.2. The Morgan fingerprint density at radius 3 is 2.52 bits per heavy atom. The maximum Gasteiger partial charge on any atom is 0.243 e. The lowest BCUT2D eigenvalue weighted by atomic mass is 10.1. The minimum absolute atomic E-state index is 0. The van der Waals surface area contributed by atoms with Crippen molar-refractivity contribution in [2.45, 2.75) is 37.2 Å². The van der Waals surface area contributed by atoms with Gasteiger partial charge in [0, 0.05) is 25.3 Å². The standard InChI is InChI=1S/C16H25FN2O4S.ClH/c1-12-15(5-4-14(22-2)16(12)17)24(20,21)19-9-6-13(7-10-19)23-11-3-8-18;/h4-5,13H,3,6-11,18H2,1-2H3;1H. The van der Waals surface area contributed by atoms with E-state index in [0.29, 0.717) is 39.1 Å². The van der Waals surface area contributed by atoms with Gasteiger partial charge in [-0.15, -0.1) is 12.4 Å². The monoisotopic (exact) mass is 396 g/mol. The van der Waals surface area contributed by atoms with E-state index in [9.17, 15) is 12.8 Å². The summed E-state index contributed by atoms with van der Waals surface area (Å²) in [4.78, 5) is -0.0108. The third-order valence-corrected chi connectivity index (χ3v) is 6.29. The second-order valence-electron chi connectivity index (χ2n) is 5.82. The first-order chi connectivity index (χ1) is 11.4. The third kappa shape index (κ3) is 5.04. The molecule has 1 aromatic rings. The summed E-state index contributed by atoms with van der Waals surface area (Å²) in [5.41, 5.74) is 5.51. The van der Waals surface area contributed by atoms with E-state index < -0.39 is 15.8 Å². The molecule has 25 heavy (non-hydrogen) atoms. The van der Waals surface area contributed by atoms with Crippen molar-refractivity contribution in [2.24, 2.45) is 5.73 Å². The smallest absolute Gasteiger partial charge is 0.243 e. The number of sulfonamides is 1. The number of nitrogens with zero attached hydrogens (tertiary/aromatic N) is 1. The molecule has 0 radical (unpaired) electrons. The Morgan fingerprint density at radius 1 is 1.32 bits per heavy atom. The summed E-state index contributed by atoms with van der Waals surface area (Å²) in [5.74, 6) is -0.600. The van der Waals surface area contributed by atoms with Crippen molar-refractivity contribution in [3.8, 4) is 5.75 Å². The first-order valence-electron chi connectivity index (χ1n) is 8.06. The number of hydrogen-bond donors (Lipinski definition) is 1. The largest absolute Gasteiger partial charge is 0.494 e. The highest BCUT2D eigenvalue weighted by Gasteiger charge is 2.31. The lowest BCUT2D eigenvalue weighted by molar-refractivity contribution is 0.0209. The number of nitrogens with two attached hydrogens (primary N) is 1. The van der Waals surface area contributed by atoms with Crippen LogP contribution in [0.15, 0.2) is 17.0 Å². The van der Waals surface area contributed by atoms with Gasteiger partial charge in [0.15, 0.2) is 11.6 Å². The fourth-order valence-corrected chi connectivity index (χ4v) is 4.48. The lowest BCUT2D eigenvalue weighted by Gasteiger charge is -2.31. The highest BCUT2D eigenvalue weighted by molar-refractivity contribution is 7.89. The normalized spacial score (nSPS) is 16.5. The first kappa shape index (κ1) is 22.1. The van der Waals surface area contributed by atoms with Crippen LogP contribution in [0, 0.1) is 12.7 Å². The Labute approximate surface area is 154 Å². The molecule has 0 atom stereocenters. The molecule has 1 fully saturated rings. The van der Waals surface area contributed by atoms with Crippen LogP contribution in [0.3, 0.4) is 0 Å². The first-order valence-corrected chi connectivity index (χ1v) is 9.50. The predicted octanol–water partition coefficient (Wildman–Crippen LogP) is 2.08. The molecule has 0 bridgehead atoms. The van der Waals surface area contributed by atoms with Crippen molar-refractivity contribution in [1.82, 2.24) is 4.31 Å². The molecular formula is C16H26ClFN2O4S. The Kier molecular flexibility index (Phi) is 8.56. The molecule has 1 saturated heterocycles. The number of methoxy groups -OCH3 is 1. The van der Waals surface area contributed by atoms with E-state index in [2.05, 4.69) is 0 Å². The Morgan fingerprint density at radius 2 is 1.96 bits per heavy atom. The molecule has 9 heteroatoms. The van der Waals surface area contributed by atoms with Crippen LogP contribution < -0.4 is 10.5 Å².